The molecular formula is C26H25F3N8O. The Kier molecular flexibility index (Phi) is 6.81. The zero-order valence-corrected chi connectivity index (χ0v) is 20.8. The van der Waals surface area contributed by atoms with Crippen LogP contribution in [0, 0.1) is 6.92 Å². The first-order valence-corrected chi connectivity index (χ1v) is 11.9. The van der Waals surface area contributed by atoms with Crippen LogP contribution in [0.5, 0.6) is 0 Å². The van der Waals surface area contributed by atoms with Crippen molar-refractivity contribution in [3.8, 4) is 16.9 Å². The number of hydrogen-bond acceptors (Lipinski definition) is 7. The highest BCUT2D eigenvalue weighted by Crippen LogP contribution is 2.30. The van der Waals surface area contributed by atoms with E-state index < -0.39 is 17.6 Å². The lowest BCUT2D eigenvalue weighted by Crippen LogP contribution is -2.44. The van der Waals surface area contributed by atoms with Crippen molar-refractivity contribution >= 4 is 17.4 Å². The minimum atomic E-state index is -4.54. The number of alkyl halides is 3. The number of rotatable bonds is 5. The normalized spacial score (nSPS) is 14.5. The van der Waals surface area contributed by atoms with E-state index >= 15 is 0 Å². The molecule has 0 spiro atoms. The van der Waals surface area contributed by atoms with Gasteiger partial charge in [-0.3, -0.25) is 9.78 Å². The molecule has 0 saturated carbocycles. The SMILES string of the molecule is Cc1ccc(C(=O)Nc2cc(C(F)(F)F)ccn2)cc1-n1cc(-c2cncc(N3CCN(C)CC3)c2)nn1. The first-order valence-electron chi connectivity index (χ1n) is 11.9. The average Bonchev–Trinajstić information content (AvgIpc) is 3.39. The van der Waals surface area contributed by atoms with Gasteiger partial charge < -0.3 is 15.1 Å². The number of nitrogens with one attached hydrogen (secondary N) is 1. The van der Waals surface area contributed by atoms with Crippen LogP contribution in [-0.2, 0) is 6.18 Å². The molecule has 0 radical (unpaired) electrons. The molecule has 1 saturated heterocycles. The van der Waals surface area contributed by atoms with Gasteiger partial charge in [0.05, 0.1) is 29.3 Å². The molecule has 1 aliphatic rings. The minimum Gasteiger partial charge on any atom is -0.368 e. The van der Waals surface area contributed by atoms with Gasteiger partial charge in [-0.25, -0.2) is 9.67 Å². The summed E-state index contributed by atoms with van der Waals surface area (Å²) >= 11 is 0. The molecule has 0 unspecified atom stereocenters. The molecule has 9 nitrogen and oxygen atoms in total. The number of likely N-dealkylation sites (N-methyl/N-ethyl adjacent to an activating group) is 1. The van der Waals surface area contributed by atoms with Crippen LogP contribution >= 0.6 is 0 Å². The number of piperazine rings is 1. The van der Waals surface area contributed by atoms with Crippen LogP contribution in [0.2, 0.25) is 0 Å². The quantitative estimate of drug-likeness (QED) is 0.423. The Balaban J connectivity index is 1.36. The number of hydrogen-bond donors (Lipinski definition) is 1. The summed E-state index contributed by atoms with van der Waals surface area (Å²) in [6, 6.07) is 8.60. The lowest BCUT2D eigenvalue weighted by molar-refractivity contribution is -0.137. The highest BCUT2D eigenvalue weighted by Gasteiger charge is 2.31. The van der Waals surface area contributed by atoms with Crippen molar-refractivity contribution in [3.63, 3.8) is 0 Å². The molecule has 1 fully saturated rings. The molecule has 1 N–H and O–H groups in total. The second-order valence-electron chi connectivity index (χ2n) is 9.15. The summed E-state index contributed by atoms with van der Waals surface area (Å²) < 4.78 is 40.6. The van der Waals surface area contributed by atoms with Crippen LogP contribution in [0.25, 0.3) is 16.9 Å². The van der Waals surface area contributed by atoms with E-state index in [1.807, 2.05) is 19.2 Å². The second-order valence-corrected chi connectivity index (χ2v) is 9.15. The molecule has 3 aromatic heterocycles. The van der Waals surface area contributed by atoms with Gasteiger partial charge in [-0.05, 0) is 49.9 Å². The summed E-state index contributed by atoms with van der Waals surface area (Å²) in [6.45, 7) is 5.65. The van der Waals surface area contributed by atoms with E-state index in [1.165, 1.54) is 0 Å². The number of nitrogens with zero attached hydrogens (tertiary/aromatic N) is 7. The van der Waals surface area contributed by atoms with E-state index in [1.54, 1.807) is 35.3 Å². The predicted octanol–water partition coefficient (Wildman–Crippen LogP) is 4.06. The van der Waals surface area contributed by atoms with Crippen LogP contribution in [0.15, 0.2) is 61.2 Å². The van der Waals surface area contributed by atoms with Crippen molar-refractivity contribution in [1.29, 1.82) is 0 Å². The number of amides is 1. The Morgan fingerprint density at radius 3 is 2.58 bits per heavy atom. The van der Waals surface area contributed by atoms with Gasteiger partial charge in [-0.2, -0.15) is 13.2 Å². The Labute approximate surface area is 216 Å². The first-order chi connectivity index (χ1) is 18.2. The topological polar surface area (TPSA) is 92.1 Å². The van der Waals surface area contributed by atoms with Gasteiger partial charge >= 0.3 is 6.18 Å². The van der Waals surface area contributed by atoms with E-state index in [0.717, 1.165) is 61.3 Å². The molecule has 5 rings (SSSR count). The third kappa shape index (κ3) is 5.49. The maximum absolute atomic E-state index is 13.0. The third-order valence-electron chi connectivity index (χ3n) is 6.43. The summed E-state index contributed by atoms with van der Waals surface area (Å²) in [7, 11) is 2.10. The molecule has 0 atom stereocenters. The van der Waals surface area contributed by atoms with E-state index in [-0.39, 0.29) is 11.4 Å². The third-order valence-corrected chi connectivity index (χ3v) is 6.43. The van der Waals surface area contributed by atoms with E-state index in [9.17, 15) is 18.0 Å². The molecule has 4 aromatic rings. The van der Waals surface area contributed by atoms with Gasteiger partial charge in [-0.15, -0.1) is 5.10 Å². The van der Waals surface area contributed by atoms with Gasteiger partial charge in [0.1, 0.15) is 11.5 Å². The summed E-state index contributed by atoms with van der Waals surface area (Å²) in [4.78, 5) is 25.6. The standard InChI is InChI=1S/C26H25F3N8O/c1-17-3-4-18(25(38)32-24-13-20(5-6-31-24)26(27,28)29)12-23(17)37-16-22(33-34-37)19-11-21(15-30-14-19)36-9-7-35(2)8-10-36/h3-6,11-16H,7-10H2,1-2H3,(H,31,32,38). The van der Waals surface area contributed by atoms with Gasteiger partial charge in [0, 0.05) is 49.7 Å². The first kappa shape index (κ1) is 25.3. The monoisotopic (exact) mass is 522 g/mol. The largest absolute Gasteiger partial charge is 0.416 e. The highest BCUT2D eigenvalue weighted by molar-refractivity contribution is 6.04. The predicted molar refractivity (Wildman–Crippen MR) is 136 cm³/mol. The molecule has 1 aliphatic heterocycles. The Morgan fingerprint density at radius 2 is 1.82 bits per heavy atom. The number of aromatic nitrogens is 5. The summed E-state index contributed by atoms with van der Waals surface area (Å²) in [5.41, 5.74) is 3.24. The molecular weight excluding hydrogens is 497 g/mol. The fraction of sp³-hybridized carbons (Fsp3) is 0.269. The second kappa shape index (κ2) is 10.2. The smallest absolute Gasteiger partial charge is 0.368 e. The van der Waals surface area contributed by atoms with Crippen molar-refractivity contribution in [3.05, 3.63) is 77.9 Å². The van der Waals surface area contributed by atoms with Gasteiger partial charge in [0.25, 0.3) is 5.91 Å². The van der Waals surface area contributed by atoms with Crippen molar-refractivity contribution < 1.29 is 18.0 Å². The molecule has 0 bridgehead atoms. The Hall–Kier alpha value is -4.32. The summed E-state index contributed by atoms with van der Waals surface area (Å²) in [5, 5.41) is 11.0. The van der Waals surface area contributed by atoms with Crippen molar-refractivity contribution in [1.82, 2.24) is 29.9 Å². The van der Waals surface area contributed by atoms with E-state index in [0.29, 0.717) is 11.4 Å². The average molecular weight is 523 g/mol. The number of carbonyl (C=O) groups excluding carboxylic acids is 1. The number of anilines is 2. The number of aryl methyl sites for hydroxylation is 1. The number of carbonyl (C=O) groups is 1. The molecule has 1 amide bonds. The number of pyridine rings is 2. The van der Waals surface area contributed by atoms with E-state index in [2.05, 4.69) is 42.4 Å². The maximum Gasteiger partial charge on any atom is 0.416 e. The summed E-state index contributed by atoms with van der Waals surface area (Å²) in [5.74, 6) is -0.787. The van der Waals surface area contributed by atoms with Gasteiger partial charge in [0.2, 0.25) is 0 Å². The van der Waals surface area contributed by atoms with Gasteiger partial charge in [0.15, 0.2) is 0 Å². The zero-order valence-electron chi connectivity index (χ0n) is 20.8. The molecule has 0 aliphatic carbocycles. The Morgan fingerprint density at radius 1 is 1.03 bits per heavy atom. The lowest BCUT2D eigenvalue weighted by atomic mass is 10.1. The van der Waals surface area contributed by atoms with Crippen LogP contribution in [0.1, 0.15) is 21.5 Å². The fourth-order valence-corrected chi connectivity index (χ4v) is 4.18. The van der Waals surface area contributed by atoms with Crippen LogP contribution < -0.4 is 10.2 Å². The zero-order chi connectivity index (χ0) is 26.9. The van der Waals surface area contributed by atoms with Crippen LogP contribution in [-0.4, -0.2) is 69.0 Å². The molecule has 196 valence electrons. The fourth-order valence-electron chi connectivity index (χ4n) is 4.18. The molecule has 12 heteroatoms. The Bertz CT molecular complexity index is 1460. The van der Waals surface area contributed by atoms with Crippen molar-refractivity contribution in [2.45, 2.75) is 13.1 Å². The van der Waals surface area contributed by atoms with Crippen molar-refractivity contribution in [2.75, 3.05) is 43.4 Å². The number of benzene rings is 1. The molecule has 38 heavy (non-hydrogen) atoms. The van der Waals surface area contributed by atoms with Gasteiger partial charge in [-0.1, -0.05) is 11.3 Å². The minimum absolute atomic E-state index is 0.192. The lowest BCUT2D eigenvalue weighted by Gasteiger charge is -2.33. The molecule has 4 heterocycles. The number of halogens is 3. The summed E-state index contributed by atoms with van der Waals surface area (Å²) in [6.07, 6.45) is 1.79. The van der Waals surface area contributed by atoms with Crippen LogP contribution in [0.3, 0.4) is 0 Å². The maximum atomic E-state index is 13.0. The van der Waals surface area contributed by atoms with E-state index in [4.69, 9.17) is 0 Å². The molecule has 1 aromatic carbocycles. The highest BCUT2D eigenvalue weighted by atomic mass is 19.4. The van der Waals surface area contributed by atoms with Crippen molar-refractivity contribution in [2.24, 2.45) is 0 Å². The van der Waals surface area contributed by atoms with Crippen LogP contribution in [0.4, 0.5) is 24.7 Å².